The molecule has 4 nitrogen and oxygen atoms in total. The summed E-state index contributed by atoms with van der Waals surface area (Å²) in [5.41, 5.74) is 4.89. The van der Waals surface area contributed by atoms with Crippen molar-refractivity contribution in [3.05, 3.63) is 47.5 Å². The van der Waals surface area contributed by atoms with Crippen molar-refractivity contribution < 1.29 is 0 Å². The number of nitrogens with zero attached hydrogens (tertiary/aromatic N) is 2. The quantitative estimate of drug-likeness (QED) is 0.842. The van der Waals surface area contributed by atoms with Gasteiger partial charge in [-0.1, -0.05) is 12.1 Å². The Bertz CT molecular complexity index is 527. The Hall–Kier alpha value is -1.81. The molecule has 1 aliphatic rings. The summed E-state index contributed by atoms with van der Waals surface area (Å²) in [6, 6.07) is 8.87. The third-order valence-electron chi connectivity index (χ3n) is 3.49. The maximum absolute atomic E-state index is 4.44. The van der Waals surface area contributed by atoms with Gasteiger partial charge in [-0.3, -0.25) is 0 Å². The van der Waals surface area contributed by atoms with E-state index in [1.165, 1.54) is 16.9 Å². The average Bonchev–Trinajstić information content (AvgIpc) is 2.87. The normalized spacial score (nSPS) is 18.4. The molecular weight excluding hydrogens is 224 g/mol. The standard InChI is InChI=1S/C14H18N4/c1-18(2)11-5-3-10(4-6-11)13-14-12(7-8-15-13)16-9-17-14/h3-6,9,13,15H,7-8H2,1-2H3,(H,16,17). The number of imidazole rings is 1. The molecule has 2 aromatic rings. The number of hydrogen-bond donors (Lipinski definition) is 2. The second-order valence-electron chi connectivity index (χ2n) is 4.89. The van der Waals surface area contributed by atoms with Crippen molar-refractivity contribution in [2.45, 2.75) is 12.5 Å². The van der Waals surface area contributed by atoms with Gasteiger partial charge in [0.1, 0.15) is 0 Å². The van der Waals surface area contributed by atoms with Crippen LogP contribution in [0, 0.1) is 0 Å². The maximum atomic E-state index is 4.44. The first-order chi connectivity index (χ1) is 8.75. The molecule has 0 fully saturated rings. The molecule has 0 saturated carbocycles. The number of fused-ring (bicyclic) bond motifs is 1. The number of hydrogen-bond acceptors (Lipinski definition) is 3. The number of benzene rings is 1. The minimum Gasteiger partial charge on any atom is -0.378 e. The predicted molar refractivity (Wildman–Crippen MR) is 72.9 cm³/mol. The second kappa shape index (κ2) is 4.46. The largest absolute Gasteiger partial charge is 0.378 e. The molecular formula is C14H18N4. The molecule has 18 heavy (non-hydrogen) atoms. The van der Waals surface area contributed by atoms with Gasteiger partial charge >= 0.3 is 0 Å². The highest BCUT2D eigenvalue weighted by Crippen LogP contribution is 2.27. The van der Waals surface area contributed by atoms with Crippen LogP contribution >= 0.6 is 0 Å². The third kappa shape index (κ3) is 1.88. The van der Waals surface area contributed by atoms with E-state index in [0.717, 1.165) is 18.7 Å². The van der Waals surface area contributed by atoms with Gasteiger partial charge in [-0.15, -0.1) is 0 Å². The molecule has 94 valence electrons. The van der Waals surface area contributed by atoms with Crippen LogP contribution in [0.25, 0.3) is 0 Å². The number of aromatic amines is 1. The van der Waals surface area contributed by atoms with Crippen LogP contribution in [-0.2, 0) is 6.42 Å². The number of anilines is 1. The van der Waals surface area contributed by atoms with E-state index >= 15 is 0 Å². The van der Waals surface area contributed by atoms with E-state index in [1.807, 2.05) is 0 Å². The van der Waals surface area contributed by atoms with E-state index in [-0.39, 0.29) is 6.04 Å². The zero-order valence-corrected chi connectivity index (χ0v) is 10.8. The van der Waals surface area contributed by atoms with E-state index in [1.54, 1.807) is 6.33 Å². The Balaban J connectivity index is 1.92. The van der Waals surface area contributed by atoms with Crippen molar-refractivity contribution in [1.29, 1.82) is 0 Å². The highest BCUT2D eigenvalue weighted by Gasteiger charge is 2.23. The minimum absolute atomic E-state index is 0.219. The van der Waals surface area contributed by atoms with Crippen molar-refractivity contribution >= 4 is 5.69 Å². The molecule has 4 heteroatoms. The fourth-order valence-electron chi connectivity index (χ4n) is 2.46. The molecule has 2 N–H and O–H groups in total. The number of rotatable bonds is 2. The van der Waals surface area contributed by atoms with Gasteiger partial charge in [-0.2, -0.15) is 0 Å². The van der Waals surface area contributed by atoms with Gasteiger partial charge in [-0.05, 0) is 17.7 Å². The van der Waals surface area contributed by atoms with Crippen molar-refractivity contribution in [3.63, 3.8) is 0 Å². The van der Waals surface area contributed by atoms with E-state index in [4.69, 9.17) is 0 Å². The number of aromatic nitrogens is 2. The Kier molecular flexibility index (Phi) is 2.80. The summed E-state index contributed by atoms with van der Waals surface area (Å²) in [7, 11) is 4.11. The van der Waals surface area contributed by atoms with Crippen LogP contribution in [-0.4, -0.2) is 30.6 Å². The first-order valence-electron chi connectivity index (χ1n) is 6.28. The molecule has 1 aromatic carbocycles. The van der Waals surface area contributed by atoms with Crippen LogP contribution in [0.15, 0.2) is 30.6 Å². The Labute approximate surface area is 107 Å². The van der Waals surface area contributed by atoms with Crippen LogP contribution in [0.1, 0.15) is 23.0 Å². The van der Waals surface area contributed by atoms with E-state index < -0.39 is 0 Å². The van der Waals surface area contributed by atoms with Crippen molar-refractivity contribution in [2.24, 2.45) is 0 Å². The molecule has 1 atom stereocenters. The Morgan fingerprint density at radius 2 is 2.00 bits per heavy atom. The highest BCUT2D eigenvalue weighted by molar-refractivity contribution is 5.47. The third-order valence-corrected chi connectivity index (χ3v) is 3.49. The first-order valence-corrected chi connectivity index (χ1v) is 6.28. The molecule has 1 aliphatic heterocycles. The lowest BCUT2D eigenvalue weighted by Crippen LogP contribution is -2.30. The summed E-state index contributed by atoms with van der Waals surface area (Å²) in [6.45, 7) is 0.995. The minimum atomic E-state index is 0.219. The molecule has 1 unspecified atom stereocenters. The fourth-order valence-corrected chi connectivity index (χ4v) is 2.46. The Morgan fingerprint density at radius 3 is 2.72 bits per heavy atom. The Morgan fingerprint density at radius 1 is 1.22 bits per heavy atom. The van der Waals surface area contributed by atoms with E-state index in [2.05, 4.69) is 58.5 Å². The van der Waals surface area contributed by atoms with Crippen molar-refractivity contribution in [1.82, 2.24) is 15.3 Å². The molecule has 2 heterocycles. The zero-order valence-electron chi connectivity index (χ0n) is 10.8. The molecule has 1 aromatic heterocycles. The molecule has 0 saturated heterocycles. The van der Waals surface area contributed by atoms with Gasteiger partial charge in [0.2, 0.25) is 0 Å². The predicted octanol–water partition coefficient (Wildman–Crippen LogP) is 1.71. The maximum Gasteiger partial charge on any atom is 0.0926 e. The van der Waals surface area contributed by atoms with Crippen LogP contribution in [0.4, 0.5) is 5.69 Å². The van der Waals surface area contributed by atoms with Gasteiger partial charge in [0.05, 0.1) is 18.1 Å². The lowest BCUT2D eigenvalue weighted by Gasteiger charge is -2.24. The molecule has 3 rings (SSSR count). The summed E-state index contributed by atoms with van der Waals surface area (Å²) in [5, 5.41) is 3.53. The van der Waals surface area contributed by atoms with Crippen LogP contribution in [0.3, 0.4) is 0 Å². The van der Waals surface area contributed by atoms with Gasteiger partial charge in [0.25, 0.3) is 0 Å². The van der Waals surface area contributed by atoms with Crippen LogP contribution < -0.4 is 10.2 Å². The zero-order chi connectivity index (χ0) is 12.5. The lowest BCUT2D eigenvalue weighted by molar-refractivity contribution is 0.553. The summed E-state index contributed by atoms with van der Waals surface area (Å²) in [6.07, 6.45) is 2.82. The monoisotopic (exact) mass is 242 g/mol. The van der Waals surface area contributed by atoms with Gasteiger partial charge in [-0.25, -0.2) is 4.98 Å². The summed E-state index contributed by atoms with van der Waals surface area (Å²) in [5.74, 6) is 0. The molecule has 0 spiro atoms. The molecule has 0 bridgehead atoms. The van der Waals surface area contributed by atoms with Gasteiger partial charge < -0.3 is 15.2 Å². The van der Waals surface area contributed by atoms with Gasteiger partial charge in [0, 0.05) is 38.4 Å². The van der Waals surface area contributed by atoms with Crippen LogP contribution in [0.5, 0.6) is 0 Å². The molecule has 0 amide bonds. The molecule has 0 radical (unpaired) electrons. The van der Waals surface area contributed by atoms with Gasteiger partial charge in [0.15, 0.2) is 0 Å². The fraction of sp³-hybridized carbons (Fsp3) is 0.357. The average molecular weight is 242 g/mol. The van der Waals surface area contributed by atoms with Crippen LogP contribution in [0.2, 0.25) is 0 Å². The number of H-pyrrole nitrogens is 1. The topological polar surface area (TPSA) is 44.0 Å². The summed E-state index contributed by atoms with van der Waals surface area (Å²) >= 11 is 0. The first kappa shape index (κ1) is 11.3. The number of nitrogens with one attached hydrogen (secondary N) is 2. The lowest BCUT2D eigenvalue weighted by atomic mass is 9.98. The SMILES string of the molecule is CN(C)c1ccc(C2NCCc3[nH]cnc32)cc1. The van der Waals surface area contributed by atoms with Crippen molar-refractivity contribution in [2.75, 3.05) is 25.5 Å². The second-order valence-corrected chi connectivity index (χ2v) is 4.89. The molecule has 0 aliphatic carbocycles. The highest BCUT2D eigenvalue weighted by atomic mass is 15.1. The summed E-state index contributed by atoms with van der Waals surface area (Å²) < 4.78 is 0. The van der Waals surface area contributed by atoms with E-state index in [0.29, 0.717) is 0 Å². The smallest absolute Gasteiger partial charge is 0.0926 e. The van der Waals surface area contributed by atoms with E-state index in [9.17, 15) is 0 Å². The van der Waals surface area contributed by atoms with Crippen molar-refractivity contribution in [3.8, 4) is 0 Å². The summed E-state index contributed by atoms with van der Waals surface area (Å²) in [4.78, 5) is 9.78.